The number of H-pyrrole nitrogens is 1. The van der Waals surface area contributed by atoms with E-state index in [0.29, 0.717) is 30.0 Å². The van der Waals surface area contributed by atoms with Crippen LogP contribution in [0.1, 0.15) is 50.2 Å². The van der Waals surface area contributed by atoms with Gasteiger partial charge in [-0.15, -0.1) is 0 Å². The highest BCUT2D eigenvalue weighted by Crippen LogP contribution is 2.18. The Balaban J connectivity index is 2.15. The Morgan fingerprint density at radius 2 is 1.83 bits per heavy atom. The number of ether oxygens (including phenoxy) is 1. The van der Waals surface area contributed by atoms with Crippen LogP contribution in [0.5, 0.6) is 0 Å². The molecular weight excluding hydrogens is 292 g/mol. The number of aryl methyl sites for hydroxylation is 1. The molecule has 1 aromatic heterocycles. The maximum atomic E-state index is 12.4. The van der Waals surface area contributed by atoms with Crippen molar-refractivity contribution in [2.24, 2.45) is 0 Å². The first-order valence-electron chi connectivity index (χ1n) is 7.49. The van der Waals surface area contributed by atoms with Gasteiger partial charge in [-0.3, -0.25) is 9.59 Å². The monoisotopic (exact) mass is 314 g/mol. The molecule has 2 aromatic rings. The third-order valence-electron chi connectivity index (χ3n) is 3.87. The minimum absolute atomic E-state index is 0.0410. The molecule has 0 bridgehead atoms. The van der Waals surface area contributed by atoms with E-state index in [9.17, 15) is 9.59 Å². The maximum absolute atomic E-state index is 12.4. The number of hydrogen-bond donors (Lipinski definition) is 2. The Bertz CT molecular complexity index is 732. The molecule has 0 fully saturated rings. The first-order chi connectivity index (χ1) is 11.0. The summed E-state index contributed by atoms with van der Waals surface area (Å²) in [6.45, 7) is 6.00. The Labute approximate surface area is 136 Å². The average molecular weight is 314 g/mol. The van der Waals surface area contributed by atoms with Gasteiger partial charge in [0.15, 0.2) is 5.78 Å². The van der Waals surface area contributed by atoms with Crippen molar-refractivity contribution in [2.75, 3.05) is 7.11 Å². The van der Waals surface area contributed by atoms with E-state index in [1.54, 1.807) is 21.0 Å². The van der Waals surface area contributed by atoms with Gasteiger partial charge in [0.05, 0.1) is 6.61 Å². The zero-order valence-corrected chi connectivity index (χ0v) is 13.9. The number of amides is 1. The topological polar surface area (TPSA) is 71.2 Å². The second-order valence-corrected chi connectivity index (χ2v) is 5.57. The minimum atomic E-state index is -0.217. The Morgan fingerprint density at radius 3 is 2.39 bits per heavy atom. The number of hydrogen-bond acceptors (Lipinski definition) is 3. The number of Topliss-reactive ketones (excluding diaryl/α,β-unsaturated/α-hetero) is 1. The number of methoxy groups -OCH3 is 1. The Morgan fingerprint density at radius 1 is 1.17 bits per heavy atom. The number of benzene rings is 1. The Kier molecular flexibility index (Phi) is 5.34. The van der Waals surface area contributed by atoms with E-state index in [2.05, 4.69) is 10.3 Å². The highest BCUT2D eigenvalue weighted by molar-refractivity contribution is 6.02. The summed E-state index contributed by atoms with van der Waals surface area (Å²) in [6, 6.07) is 7.81. The molecule has 5 nitrogen and oxygen atoms in total. The highest BCUT2D eigenvalue weighted by atomic mass is 16.5. The molecule has 0 spiro atoms. The molecule has 1 amide bonds. The fourth-order valence-electron chi connectivity index (χ4n) is 2.80. The first kappa shape index (κ1) is 17.0. The molecule has 0 aliphatic rings. The third kappa shape index (κ3) is 3.68. The lowest BCUT2D eigenvalue weighted by Crippen LogP contribution is -2.24. The van der Waals surface area contributed by atoms with Crippen molar-refractivity contribution in [3.8, 4) is 0 Å². The van der Waals surface area contributed by atoms with Crippen LogP contribution in [0.2, 0.25) is 0 Å². The van der Waals surface area contributed by atoms with E-state index < -0.39 is 0 Å². The smallest absolute Gasteiger partial charge is 0.268 e. The summed E-state index contributed by atoms with van der Waals surface area (Å²) in [6.07, 6.45) is 0. The van der Waals surface area contributed by atoms with Crippen LogP contribution in [0.25, 0.3) is 0 Å². The lowest BCUT2D eigenvalue weighted by molar-refractivity contribution is 0.0945. The summed E-state index contributed by atoms with van der Waals surface area (Å²) in [7, 11) is 1.64. The summed E-state index contributed by atoms with van der Waals surface area (Å²) in [5.41, 5.74) is 4.50. The average Bonchev–Trinajstić information content (AvgIpc) is 2.81. The number of rotatable bonds is 6. The van der Waals surface area contributed by atoms with Crippen LogP contribution in [0.4, 0.5) is 0 Å². The zero-order valence-electron chi connectivity index (χ0n) is 13.9. The molecular formula is C18H22N2O3. The molecule has 0 atom stereocenters. The summed E-state index contributed by atoms with van der Waals surface area (Å²) in [5, 5.41) is 2.90. The fraction of sp³-hybridized carbons (Fsp3) is 0.333. The van der Waals surface area contributed by atoms with Gasteiger partial charge in [0, 0.05) is 24.9 Å². The molecule has 0 saturated heterocycles. The molecule has 1 aromatic carbocycles. The van der Waals surface area contributed by atoms with Crippen LogP contribution in [0.3, 0.4) is 0 Å². The second kappa shape index (κ2) is 7.24. The first-order valence-corrected chi connectivity index (χ1v) is 7.49. The molecule has 0 aliphatic heterocycles. The molecule has 0 aliphatic carbocycles. The van der Waals surface area contributed by atoms with Gasteiger partial charge in [-0.05, 0) is 37.5 Å². The van der Waals surface area contributed by atoms with E-state index in [0.717, 1.165) is 16.8 Å². The summed E-state index contributed by atoms with van der Waals surface area (Å²) in [4.78, 5) is 27.1. The Hall–Kier alpha value is -2.40. The fourth-order valence-corrected chi connectivity index (χ4v) is 2.80. The van der Waals surface area contributed by atoms with Crippen molar-refractivity contribution >= 4 is 11.7 Å². The van der Waals surface area contributed by atoms with Crippen molar-refractivity contribution in [3.63, 3.8) is 0 Å². The number of nitrogens with one attached hydrogen (secondary N) is 2. The predicted molar refractivity (Wildman–Crippen MR) is 88.6 cm³/mol. The van der Waals surface area contributed by atoms with Crippen molar-refractivity contribution in [2.45, 2.75) is 33.9 Å². The quantitative estimate of drug-likeness (QED) is 0.805. The molecule has 5 heteroatoms. The summed E-state index contributed by atoms with van der Waals surface area (Å²) < 4.78 is 5.17. The summed E-state index contributed by atoms with van der Waals surface area (Å²) in [5.74, 6) is -0.258. The van der Waals surface area contributed by atoms with Crippen LogP contribution < -0.4 is 5.32 Å². The van der Waals surface area contributed by atoms with E-state index >= 15 is 0 Å². The van der Waals surface area contributed by atoms with Crippen molar-refractivity contribution < 1.29 is 14.3 Å². The molecule has 23 heavy (non-hydrogen) atoms. The zero-order chi connectivity index (χ0) is 17.0. The van der Waals surface area contributed by atoms with Crippen molar-refractivity contribution in [1.29, 1.82) is 0 Å². The number of aromatic nitrogens is 1. The predicted octanol–water partition coefficient (Wildman–Crippen LogP) is 2.91. The van der Waals surface area contributed by atoms with Crippen molar-refractivity contribution in [1.82, 2.24) is 10.3 Å². The number of ketones is 1. The number of carbonyl (C=O) groups is 2. The van der Waals surface area contributed by atoms with Crippen molar-refractivity contribution in [3.05, 3.63) is 57.9 Å². The van der Waals surface area contributed by atoms with Crippen LogP contribution in [-0.4, -0.2) is 23.8 Å². The maximum Gasteiger partial charge on any atom is 0.268 e. The van der Waals surface area contributed by atoms with E-state index in [1.807, 2.05) is 24.3 Å². The van der Waals surface area contributed by atoms with E-state index in [4.69, 9.17) is 4.74 Å². The van der Waals surface area contributed by atoms with E-state index in [1.165, 1.54) is 6.92 Å². The lowest BCUT2D eigenvalue weighted by Gasteiger charge is -2.10. The highest BCUT2D eigenvalue weighted by Gasteiger charge is 2.19. The van der Waals surface area contributed by atoms with Crippen LogP contribution in [0.15, 0.2) is 24.3 Å². The van der Waals surface area contributed by atoms with Gasteiger partial charge in [0.2, 0.25) is 0 Å². The van der Waals surface area contributed by atoms with Gasteiger partial charge < -0.3 is 15.0 Å². The third-order valence-corrected chi connectivity index (χ3v) is 3.87. The number of aromatic amines is 1. The number of carbonyl (C=O) groups excluding carboxylic acids is 2. The van der Waals surface area contributed by atoms with Gasteiger partial charge in [0.1, 0.15) is 5.69 Å². The largest absolute Gasteiger partial charge is 0.380 e. The van der Waals surface area contributed by atoms with Gasteiger partial charge in [-0.1, -0.05) is 24.3 Å². The molecule has 0 unspecified atom stereocenters. The molecule has 1 heterocycles. The molecule has 2 rings (SSSR count). The lowest BCUT2D eigenvalue weighted by atomic mass is 10.1. The molecule has 2 N–H and O–H groups in total. The van der Waals surface area contributed by atoms with Gasteiger partial charge >= 0.3 is 0 Å². The normalized spacial score (nSPS) is 10.6. The minimum Gasteiger partial charge on any atom is -0.380 e. The standard InChI is InChI=1S/C18H22N2O3/c1-11-16(13(3)21)12(2)20-17(11)18(22)19-9-14-7-5-6-8-15(14)10-23-4/h5-8,20H,9-10H2,1-4H3,(H,19,22). The van der Waals surface area contributed by atoms with Gasteiger partial charge in [0.25, 0.3) is 5.91 Å². The van der Waals surface area contributed by atoms with Gasteiger partial charge in [-0.25, -0.2) is 0 Å². The van der Waals surface area contributed by atoms with E-state index in [-0.39, 0.29) is 11.7 Å². The molecule has 0 saturated carbocycles. The SMILES string of the molecule is COCc1ccccc1CNC(=O)c1[nH]c(C)c(C(C)=O)c1C. The second-order valence-electron chi connectivity index (χ2n) is 5.57. The summed E-state index contributed by atoms with van der Waals surface area (Å²) >= 11 is 0. The van der Waals surface area contributed by atoms with Crippen LogP contribution in [0, 0.1) is 13.8 Å². The molecule has 122 valence electrons. The van der Waals surface area contributed by atoms with Crippen LogP contribution >= 0.6 is 0 Å². The molecule has 0 radical (unpaired) electrons. The van der Waals surface area contributed by atoms with Crippen LogP contribution in [-0.2, 0) is 17.9 Å². The van der Waals surface area contributed by atoms with Gasteiger partial charge in [-0.2, -0.15) is 0 Å².